The Morgan fingerprint density at radius 1 is 1.16 bits per heavy atom. The minimum absolute atomic E-state index is 0.211. The van der Waals surface area contributed by atoms with E-state index in [0.29, 0.717) is 11.2 Å². The van der Waals surface area contributed by atoms with E-state index in [2.05, 4.69) is 25.8 Å². The van der Waals surface area contributed by atoms with E-state index in [1.165, 1.54) is 12.8 Å². The average Bonchev–Trinajstić information content (AvgIpc) is 2.38. The number of ketones is 1. The Labute approximate surface area is 116 Å². The molecule has 2 nitrogen and oxygen atoms in total. The lowest BCUT2D eigenvalue weighted by Crippen LogP contribution is -2.28. The highest BCUT2D eigenvalue weighted by atomic mass is 16.1. The molecule has 0 amide bonds. The Kier molecular flexibility index (Phi) is 4.07. The van der Waals surface area contributed by atoms with E-state index in [4.69, 9.17) is 0 Å². The van der Waals surface area contributed by atoms with E-state index in [0.717, 1.165) is 30.0 Å². The van der Waals surface area contributed by atoms with Gasteiger partial charge in [-0.15, -0.1) is 0 Å². The Bertz CT molecular complexity index is 433. The van der Waals surface area contributed by atoms with Gasteiger partial charge in [0.1, 0.15) is 0 Å². The molecule has 1 aliphatic carbocycles. The topological polar surface area (TPSA) is 30.0 Å². The summed E-state index contributed by atoms with van der Waals surface area (Å²) in [5, 5.41) is 0. The summed E-state index contributed by atoms with van der Waals surface area (Å²) >= 11 is 0. The van der Waals surface area contributed by atoms with Crippen molar-refractivity contribution in [1.29, 1.82) is 0 Å². The van der Waals surface area contributed by atoms with Crippen molar-refractivity contribution in [1.82, 2.24) is 4.98 Å². The van der Waals surface area contributed by atoms with E-state index >= 15 is 0 Å². The molecule has 0 N–H and O–H groups in total. The SMILES string of the molecule is Cc1ccc(C(=O)C2CCC(C(C)(C)C)CC2)cn1. The van der Waals surface area contributed by atoms with Crippen LogP contribution in [0.5, 0.6) is 0 Å². The van der Waals surface area contributed by atoms with Crippen molar-refractivity contribution < 1.29 is 4.79 Å². The van der Waals surface area contributed by atoms with Gasteiger partial charge in [-0.1, -0.05) is 20.8 Å². The van der Waals surface area contributed by atoms with E-state index in [9.17, 15) is 4.79 Å². The number of pyridine rings is 1. The number of hydrogen-bond acceptors (Lipinski definition) is 2. The highest BCUT2D eigenvalue weighted by Gasteiger charge is 2.32. The van der Waals surface area contributed by atoms with Crippen LogP contribution in [0.2, 0.25) is 0 Å². The summed E-state index contributed by atoms with van der Waals surface area (Å²) in [5.41, 5.74) is 2.12. The molecule has 0 aliphatic heterocycles. The van der Waals surface area contributed by atoms with Crippen LogP contribution in [0, 0.1) is 24.2 Å². The maximum Gasteiger partial charge on any atom is 0.167 e. The van der Waals surface area contributed by atoms with Gasteiger partial charge in [-0.3, -0.25) is 9.78 Å². The number of carbonyl (C=O) groups excluding carboxylic acids is 1. The predicted octanol–water partition coefficient (Wildman–Crippen LogP) is 4.43. The summed E-state index contributed by atoms with van der Waals surface area (Å²) in [6, 6.07) is 3.84. The fraction of sp³-hybridized carbons (Fsp3) is 0.647. The van der Waals surface area contributed by atoms with E-state index < -0.39 is 0 Å². The summed E-state index contributed by atoms with van der Waals surface area (Å²) in [7, 11) is 0. The van der Waals surface area contributed by atoms with E-state index in [1.54, 1.807) is 6.20 Å². The predicted molar refractivity (Wildman–Crippen MR) is 78.2 cm³/mol. The van der Waals surface area contributed by atoms with Gasteiger partial charge in [0.2, 0.25) is 0 Å². The summed E-state index contributed by atoms with van der Waals surface area (Å²) in [4.78, 5) is 16.7. The van der Waals surface area contributed by atoms with Crippen molar-refractivity contribution in [3.8, 4) is 0 Å². The number of Topliss-reactive ketones (excluding diaryl/α,β-unsaturated/α-hetero) is 1. The van der Waals surface area contributed by atoms with Crippen molar-refractivity contribution in [3.05, 3.63) is 29.6 Å². The normalized spacial score (nSPS) is 24.2. The second-order valence-electron chi connectivity index (χ2n) is 6.97. The minimum Gasteiger partial charge on any atom is -0.294 e. The van der Waals surface area contributed by atoms with Gasteiger partial charge < -0.3 is 0 Å². The third-order valence-electron chi connectivity index (χ3n) is 4.52. The van der Waals surface area contributed by atoms with Gasteiger partial charge >= 0.3 is 0 Å². The fourth-order valence-electron chi connectivity index (χ4n) is 3.07. The summed E-state index contributed by atoms with van der Waals surface area (Å²) in [5.74, 6) is 1.26. The maximum atomic E-state index is 12.4. The van der Waals surface area contributed by atoms with Crippen LogP contribution < -0.4 is 0 Å². The van der Waals surface area contributed by atoms with Crippen molar-refractivity contribution in [3.63, 3.8) is 0 Å². The number of hydrogen-bond donors (Lipinski definition) is 0. The van der Waals surface area contributed by atoms with Crippen molar-refractivity contribution in [2.45, 2.75) is 53.4 Å². The summed E-state index contributed by atoms with van der Waals surface area (Å²) < 4.78 is 0. The number of aryl methyl sites for hydroxylation is 1. The molecule has 1 aromatic rings. The first-order valence-electron chi connectivity index (χ1n) is 7.35. The second-order valence-corrected chi connectivity index (χ2v) is 6.97. The smallest absolute Gasteiger partial charge is 0.167 e. The molecule has 0 saturated heterocycles. The lowest BCUT2D eigenvalue weighted by Gasteiger charge is -2.36. The number of aromatic nitrogens is 1. The molecule has 1 aromatic heterocycles. The second kappa shape index (κ2) is 5.44. The molecule has 0 radical (unpaired) electrons. The first-order chi connectivity index (χ1) is 8.88. The standard InChI is InChI=1S/C17H25NO/c1-12-5-6-14(11-18-12)16(19)13-7-9-15(10-8-13)17(2,3)4/h5-6,11,13,15H,7-10H2,1-4H3. The fourth-order valence-corrected chi connectivity index (χ4v) is 3.07. The number of nitrogens with zero attached hydrogens (tertiary/aromatic N) is 1. The number of carbonyl (C=O) groups is 1. The average molecular weight is 259 g/mol. The Hall–Kier alpha value is -1.18. The van der Waals surface area contributed by atoms with Crippen molar-refractivity contribution >= 4 is 5.78 Å². The van der Waals surface area contributed by atoms with E-state index in [-0.39, 0.29) is 5.92 Å². The molecule has 2 rings (SSSR count). The Morgan fingerprint density at radius 3 is 2.26 bits per heavy atom. The molecule has 1 saturated carbocycles. The molecule has 19 heavy (non-hydrogen) atoms. The summed E-state index contributed by atoms with van der Waals surface area (Å²) in [6.07, 6.45) is 6.16. The van der Waals surface area contributed by atoms with Crippen molar-refractivity contribution in [2.75, 3.05) is 0 Å². The zero-order valence-electron chi connectivity index (χ0n) is 12.6. The van der Waals surface area contributed by atoms with Crippen LogP contribution in [0.25, 0.3) is 0 Å². The highest BCUT2D eigenvalue weighted by Crippen LogP contribution is 2.40. The molecule has 104 valence electrons. The molecule has 1 fully saturated rings. The van der Waals surface area contributed by atoms with Crippen LogP contribution in [0.4, 0.5) is 0 Å². The molecule has 0 aromatic carbocycles. The third kappa shape index (κ3) is 3.43. The van der Waals surface area contributed by atoms with Crippen LogP contribution in [0.15, 0.2) is 18.3 Å². The van der Waals surface area contributed by atoms with Gasteiger partial charge in [-0.25, -0.2) is 0 Å². The summed E-state index contributed by atoms with van der Waals surface area (Å²) in [6.45, 7) is 8.87. The molecule has 0 atom stereocenters. The zero-order valence-corrected chi connectivity index (χ0v) is 12.6. The Morgan fingerprint density at radius 2 is 1.79 bits per heavy atom. The first-order valence-corrected chi connectivity index (χ1v) is 7.35. The Balaban J connectivity index is 1.98. The third-order valence-corrected chi connectivity index (χ3v) is 4.52. The zero-order chi connectivity index (χ0) is 14.0. The quantitative estimate of drug-likeness (QED) is 0.736. The van der Waals surface area contributed by atoms with Gasteiger partial charge in [-0.05, 0) is 56.1 Å². The maximum absolute atomic E-state index is 12.4. The molecule has 1 heterocycles. The lowest BCUT2D eigenvalue weighted by molar-refractivity contribution is 0.0819. The van der Waals surface area contributed by atoms with Crippen LogP contribution >= 0.6 is 0 Å². The van der Waals surface area contributed by atoms with E-state index in [1.807, 2.05) is 19.1 Å². The molecule has 0 spiro atoms. The van der Waals surface area contributed by atoms with Gasteiger partial charge in [0.15, 0.2) is 5.78 Å². The lowest BCUT2D eigenvalue weighted by atomic mass is 9.69. The molecule has 0 bridgehead atoms. The van der Waals surface area contributed by atoms with Gasteiger partial charge in [0.25, 0.3) is 0 Å². The molecule has 1 aliphatic rings. The van der Waals surface area contributed by atoms with Crippen LogP contribution in [-0.2, 0) is 0 Å². The largest absolute Gasteiger partial charge is 0.294 e. The highest BCUT2D eigenvalue weighted by molar-refractivity contribution is 5.97. The first kappa shape index (κ1) is 14.2. The van der Waals surface area contributed by atoms with Crippen LogP contribution in [0.3, 0.4) is 0 Å². The van der Waals surface area contributed by atoms with Crippen LogP contribution in [-0.4, -0.2) is 10.8 Å². The minimum atomic E-state index is 0.211. The van der Waals surface area contributed by atoms with Gasteiger partial charge in [-0.2, -0.15) is 0 Å². The van der Waals surface area contributed by atoms with Crippen LogP contribution in [0.1, 0.15) is 62.5 Å². The number of rotatable bonds is 2. The van der Waals surface area contributed by atoms with Gasteiger partial charge in [0.05, 0.1) is 0 Å². The molecule has 0 unspecified atom stereocenters. The molecular weight excluding hydrogens is 234 g/mol. The molecule has 2 heteroatoms. The molecular formula is C17H25NO. The monoisotopic (exact) mass is 259 g/mol. The van der Waals surface area contributed by atoms with Crippen molar-refractivity contribution in [2.24, 2.45) is 17.3 Å². The van der Waals surface area contributed by atoms with Gasteiger partial charge in [0, 0.05) is 23.4 Å².